The molecule has 0 spiro atoms. The lowest BCUT2D eigenvalue weighted by molar-refractivity contribution is 0.0729. The van der Waals surface area contributed by atoms with Crippen LogP contribution >= 0.6 is 0 Å². The zero-order valence-corrected chi connectivity index (χ0v) is 10.4. The van der Waals surface area contributed by atoms with Gasteiger partial charge in [-0.2, -0.15) is 0 Å². The standard InChI is InChI=1S/C14H9F3O2.H2O/c1-8-2-3-12(13(17)4-8)14(18)19-11-6-9(15)5-10(16)7-11;/h2-7H,1H3;1H2. The van der Waals surface area contributed by atoms with E-state index in [0.717, 1.165) is 12.1 Å². The van der Waals surface area contributed by atoms with Crippen LogP contribution in [0.5, 0.6) is 5.75 Å². The Morgan fingerprint density at radius 1 is 1.00 bits per heavy atom. The summed E-state index contributed by atoms with van der Waals surface area (Å²) in [6.07, 6.45) is 0. The van der Waals surface area contributed by atoms with Crippen LogP contribution in [0.4, 0.5) is 13.2 Å². The van der Waals surface area contributed by atoms with Gasteiger partial charge in [0, 0.05) is 18.2 Å². The first kappa shape index (κ1) is 15.7. The predicted octanol–water partition coefficient (Wildman–Crippen LogP) is 2.81. The highest BCUT2D eigenvalue weighted by atomic mass is 19.1. The van der Waals surface area contributed by atoms with E-state index in [1.807, 2.05) is 0 Å². The van der Waals surface area contributed by atoms with Gasteiger partial charge < -0.3 is 10.2 Å². The zero-order valence-electron chi connectivity index (χ0n) is 10.4. The van der Waals surface area contributed by atoms with Crippen molar-refractivity contribution in [3.8, 4) is 5.75 Å². The van der Waals surface area contributed by atoms with Crippen LogP contribution in [-0.4, -0.2) is 11.4 Å². The number of aryl methyl sites for hydroxylation is 1. The number of hydrogen-bond acceptors (Lipinski definition) is 2. The molecule has 6 heteroatoms. The van der Waals surface area contributed by atoms with Crippen LogP contribution in [0, 0.1) is 24.4 Å². The second-order valence-electron chi connectivity index (χ2n) is 3.98. The fraction of sp³-hybridized carbons (Fsp3) is 0.0714. The van der Waals surface area contributed by atoms with Gasteiger partial charge in [0.15, 0.2) is 0 Å². The van der Waals surface area contributed by atoms with E-state index < -0.39 is 23.4 Å². The minimum atomic E-state index is -1.01. The third-order valence-corrected chi connectivity index (χ3v) is 2.39. The lowest BCUT2D eigenvalue weighted by Crippen LogP contribution is -2.11. The quantitative estimate of drug-likeness (QED) is 0.629. The minimum absolute atomic E-state index is 0. The Labute approximate surface area is 112 Å². The molecular weight excluding hydrogens is 273 g/mol. The molecule has 0 unspecified atom stereocenters. The highest BCUT2D eigenvalue weighted by Gasteiger charge is 2.15. The van der Waals surface area contributed by atoms with E-state index in [-0.39, 0.29) is 16.8 Å². The molecule has 2 N–H and O–H groups in total. The van der Waals surface area contributed by atoms with Crippen LogP contribution in [0.15, 0.2) is 36.4 Å². The van der Waals surface area contributed by atoms with Crippen LogP contribution in [0.1, 0.15) is 15.9 Å². The molecule has 0 atom stereocenters. The average molecular weight is 284 g/mol. The molecule has 0 saturated heterocycles. The summed E-state index contributed by atoms with van der Waals surface area (Å²) >= 11 is 0. The Balaban J connectivity index is 0.00000200. The first-order chi connectivity index (χ1) is 8.95. The van der Waals surface area contributed by atoms with Gasteiger partial charge >= 0.3 is 5.97 Å². The van der Waals surface area contributed by atoms with Gasteiger partial charge in [-0.05, 0) is 24.6 Å². The van der Waals surface area contributed by atoms with Crippen molar-refractivity contribution in [3.63, 3.8) is 0 Å². The Morgan fingerprint density at radius 3 is 2.15 bits per heavy atom. The molecule has 2 aromatic rings. The molecule has 0 aliphatic carbocycles. The van der Waals surface area contributed by atoms with E-state index in [1.54, 1.807) is 6.92 Å². The number of esters is 1. The summed E-state index contributed by atoms with van der Waals surface area (Å²) in [6.45, 7) is 1.67. The van der Waals surface area contributed by atoms with Gasteiger partial charge in [-0.25, -0.2) is 18.0 Å². The van der Waals surface area contributed by atoms with Crippen molar-refractivity contribution in [2.75, 3.05) is 0 Å². The molecule has 0 saturated carbocycles. The topological polar surface area (TPSA) is 57.8 Å². The molecule has 0 radical (unpaired) electrons. The normalized spacial score (nSPS) is 9.80. The maximum atomic E-state index is 13.5. The first-order valence-electron chi connectivity index (χ1n) is 5.40. The summed E-state index contributed by atoms with van der Waals surface area (Å²) in [6, 6.07) is 6.28. The van der Waals surface area contributed by atoms with Crippen LogP contribution in [0.3, 0.4) is 0 Å². The van der Waals surface area contributed by atoms with Crippen molar-refractivity contribution in [2.24, 2.45) is 0 Å². The number of carbonyl (C=O) groups is 1. The molecule has 106 valence electrons. The van der Waals surface area contributed by atoms with Crippen LogP contribution in [-0.2, 0) is 0 Å². The van der Waals surface area contributed by atoms with E-state index in [1.165, 1.54) is 18.2 Å². The van der Waals surface area contributed by atoms with Crippen molar-refractivity contribution in [1.29, 1.82) is 0 Å². The van der Waals surface area contributed by atoms with Gasteiger partial charge in [-0.15, -0.1) is 0 Å². The van der Waals surface area contributed by atoms with Crippen molar-refractivity contribution >= 4 is 5.97 Å². The highest BCUT2D eigenvalue weighted by Crippen LogP contribution is 2.18. The molecule has 2 rings (SSSR count). The molecule has 0 heterocycles. The smallest absolute Gasteiger partial charge is 0.346 e. The molecule has 0 aromatic heterocycles. The van der Waals surface area contributed by atoms with Gasteiger partial charge in [0.05, 0.1) is 5.56 Å². The fourth-order valence-electron chi connectivity index (χ4n) is 1.54. The molecule has 0 fully saturated rings. The molecule has 2 aromatic carbocycles. The van der Waals surface area contributed by atoms with Gasteiger partial charge in [0.1, 0.15) is 23.2 Å². The minimum Gasteiger partial charge on any atom is -0.423 e. The first-order valence-corrected chi connectivity index (χ1v) is 5.40. The van der Waals surface area contributed by atoms with Crippen LogP contribution in [0.2, 0.25) is 0 Å². The largest absolute Gasteiger partial charge is 0.423 e. The summed E-state index contributed by atoms with van der Waals surface area (Å²) < 4.78 is 44.1. The summed E-state index contributed by atoms with van der Waals surface area (Å²) in [4.78, 5) is 11.7. The van der Waals surface area contributed by atoms with E-state index in [0.29, 0.717) is 11.6 Å². The van der Waals surface area contributed by atoms with Gasteiger partial charge in [-0.1, -0.05) is 6.07 Å². The SMILES string of the molecule is Cc1ccc(C(=O)Oc2cc(F)cc(F)c2)c(F)c1.O. The monoisotopic (exact) mass is 284 g/mol. The Kier molecular flexibility index (Phi) is 4.88. The maximum absolute atomic E-state index is 13.5. The molecule has 3 nitrogen and oxygen atoms in total. The van der Waals surface area contributed by atoms with E-state index in [2.05, 4.69) is 0 Å². The van der Waals surface area contributed by atoms with Crippen molar-refractivity contribution in [2.45, 2.75) is 6.92 Å². The predicted molar refractivity (Wildman–Crippen MR) is 66.1 cm³/mol. The summed E-state index contributed by atoms with van der Waals surface area (Å²) in [5, 5.41) is 0. The van der Waals surface area contributed by atoms with E-state index in [4.69, 9.17) is 4.74 Å². The number of halogens is 3. The summed E-state index contributed by atoms with van der Waals surface area (Å²) in [5.74, 6) is -3.84. The molecule has 0 amide bonds. The number of rotatable bonds is 2. The Morgan fingerprint density at radius 2 is 1.60 bits per heavy atom. The van der Waals surface area contributed by atoms with E-state index >= 15 is 0 Å². The number of benzene rings is 2. The third kappa shape index (κ3) is 3.58. The molecular formula is C14H11F3O3. The van der Waals surface area contributed by atoms with Crippen molar-refractivity contribution in [3.05, 3.63) is 65.0 Å². The van der Waals surface area contributed by atoms with Crippen molar-refractivity contribution in [1.82, 2.24) is 0 Å². The summed E-state index contributed by atoms with van der Waals surface area (Å²) in [5.41, 5.74) is 0.348. The third-order valence-electron chi connectivity index (χ3n) is 2.39. The van der Waals surface area contributed by atoms with E-state index in [9.17, 15) is 18.0 Å². The van der Waals surface area contributed by atoms with Gasteiger partial charge in [0.25, 0.3) is 0 Å². The molecule has 0 aliphatic heterocycles. The lowest BCUT2D eigenvalue weighted by atomic mass is 10.1. The van der Waals surface area contributed by atoms with Gasteiger partial charge in [-0.3, -0.25) is 0 Å². The maximum Gasteiger partial charge on any atom is 0.346 e. The lowest BCUT2D eigenvalue weighted by Gasteiger charge is -2.06. The average Bonchev–Trinajstić information content (AvgIpc) is 2.26. The molecule has 0 aliphatic rings. The molecule has 0 bridgehead atoms. The summed E-state index contributed by atoms with van der Waals surface area (Å²) in [7, 11) is 0. The van der Waals surface area contributed by atoms with Crippen LogP contribution < -0.4 is 4.74 Å². The highest BCUT2D eigenvalue weighted by molar-refractivity contribution is 5.91. The second-order valence-corrected chi connectivity index (χ2v) is 3.98. The number of carbonyl (C=O) groups excluding carboxylic acids is 1. The fourth-order valence-corrected chi connectivity index (χ4v) is 1.54. The zero-order chi connectivity index (χ0) is 14.0. The number of ether oxygens (including phenoxy) is 1. The molecule has 20 heavy (non-hydrogen) atoms. The number of hydrogen-bond donors (Lipinski definition) is 0. The second kappa shape index (κ2) is 6.21. The Bertz CT molecular complexity index is 621. The van der Waals surface area contributed by atoms with Crippen molar-refractivity contribution < 1.29 is 28.2 Å². The van der Waals surface area contributed by atoms with Gasteiger partial charge in [0.2, 0.25) is 0 Å². The Hall–Kier alpha value is -2.34. The van der Waals surface area contributed by atoms with Crippen LogP contribution in [0.25, 0.3) is 0 Å².